The van der Waals surface area contributed by atoms with E-state index in [1.54, 1.807) is 0 Å². The first-order valence-electron chi connectivity index (χ1n) is 33.4. The Morgan fingerprint density at radius 3 is 0.673 bits per heavy atom. The van der Waals surface area contributed by atoms with Crippen molar-refractivity contribution >= 4 is 77.7 Å². The molecule has 13 aromatic carbocycles. The van der Waals surface area contributed by atoms with Crippen molar-refractivity contribution in [3.63, 3.8) is 0 Å². The van der Waals surface area contributed by atoms with Gasteiger partial charge in [-0.25, -0.2) is 19.9 Å². The zero-order valence-electron chi connectivity index (χ0n) is 54.8. The minimum Gasteiger partial charge on any atom is -0.308 e. The first-order chi connectivity index (χ1) is 48.3. The van der Waals surface area contributed by atoms with Gasteiger partial charge in [0.2, 0.25) is 0 Å². The third kappa shape index (κ3) is 10.5. The number of benzene rings is 13. The standard InChI is InChI=1S/C90H66N8/c1-59-45-49-79-71(53-59)72-54-60(2)46-50-80(72)97(79)87-83(89-91-75(63-29-13-5-14-30-63)57-76(92-89)64-31-15-6-16-32-64)86(96(69-41-25-11-26-42-69)70-43-27-12-28-44-70)88(98-81-51-47-61(3)55-73(81)74-56-62(4)48-52-82(74)98)84(85(87)95(67-37-21-9-22-38-67)68-39-23-10-24-40-68)90-93-77(65-33-17-7-18-34-65)58-78(94-90)66-35-19-8-20-36-66/h5-58H,1-4H3. The second kappa shape index (κ2) is 24.8. The molecule has 0 fully saturated rings. The van der Waals surface area contributed by atoms with Crippen molar-refractivity contribution in [2.75, 3.05) is 9.80 Å². The lowest BCUT2D eigenvalue weighted by atomic mass is 9.93. The fourth-order valence-corrected chi connectivity index (χ4v) is 14.2. The smallest absolute Gasteiger partial charge is 0.164 e. The number of aromatic nitrogens is 6. The van der Waals surface area contributed by atoms with Crippen LogP contribution in [0.3, 0.4) is 0 Å². The molecule has 8 heteroatoms. The van der Waals surface area contributed by atoms with Crippen LogP contribution in [0.2, 0.25) is 0 Å². The Kier molecular flexibility index (Phi) is 15.0. The number of aryl methyl sites for hydroxylation is 4. The van der Waals surface area contributed by atoms with Crippen molar-refractivity contribution in [3.05, 3.63) is 350 Å². The van der Waals surface area contributed by atoms with Gasteiger partial charge >= 0.3 is 0 Å². The minimum absolute atomic E-state index is 0.493. The minimum atomic E-state index is 0.493. The highest BCUT2D eigenvalue weighted by atomic mass is 15.2. The molecule has 0 spiro atoms. The molecule has 0 N–H and O–H groups in total. The quantitative estimate of drug-likeness (QED) is 0.108. The van der Waals surface area contributed by atoms with Gasteiger partial charge in [-0.2, -0.15) is 0 Å². The normalized spacial score (nSPS) is 11.5. The molecule has 0 amide bonds. The van der Waals surface area contributed by atoms with Crippen LogP contribution in [-0.2, 0) is 0 Å². The summed E-state index contributed by atoms with van der Waals surface area (Å²) in [5, 5.41) is 4.42. The fraction of sp³-hybridized carbons (Fsp3) is 0.0444. The van der Waals surface area contributed by atoms with E-state index in [1.807, 2.05) is 0 Å². The number of anilines is 6. The van der Waals surface area contributed by atoms with Crippen molar-refractivity contribution in [2.24, 2.45) is 0 Å². The molecule has 0 bridgehead atoms. The first kappa shape index (κ1) is 59.0. The van der Waals surface area contributed by atoms with Gasteiger partial charge < -0.3 is 18.9 Å². The Morgan fingerprint density at radius 1 is 0.235 bits per heavy atom. The number of rotatable bonds is 14. The maximum absolute atomic E-state index is 6.10. The summed E-state index contributed by atoms with van der Waals surface area (Å²) in [6.45, 7) is 8.76. The monoisotopic (exact) mass is 1260 g/mol. The Labute approximate surface area is 570 Å². The highest BCUT2D eigenvalue weighted by molar-refractivity contribution is 6.18. The molecule has 8 nitrogen and oxygen atoms in total. The maximum Gasteiger partial charge on any atom is 0.164 e. The van der Waals surface area contributed by atoms with Crippen molar-refractivity contribution in [3.8, 4) is 79.2 Å². The van der Waals surface area contributed by atoms with Crippen molar-refractivity contribution < 1.29 is 0 Å². The molecule has 0 aliphatic carbocycles. The number of hydrogen-bond acceptors (Lipinski definition) is 6. The van der Waals surface area contributed by atoms with Crippen LogP contribution in [0.5, 0.6) is 0 Å². The van der Waals surface area contributed by atoms with Gasteiger partial charge in [0.15, 0.2) is 11.6 Å². The Morgan fingerprint density at radius 2 is 0.449 bits per heavy atom. The molecular formula is C90H66N8. The van der Waals surface area contributed by atoms with E-state index in [9.17, 15) is 0 Å². The second-order valence-corrected chi connectivity index (χ2v) is 25.3. The van der Waals surface area contributed by atoms with Gasteiger partial charge in [-0.05, 0) is 137 Å². The lowest BCUT2D eigenvalue weighted by Gasteiger charge is -2.37. The van der Waals surface area contributed by atoms with E-state index in [4.69, 9.17) is 19.9 Å². The highest BCUT2D eigenvalue weighted by Crippen LogP contribution is 2.60. The number of fused-ring (bicyclic) bond motifs is 6. The summed E-state index contributed by atoms with van der Waals surface area (Å²) in [5.41, 5.74) is 23.6. The molecular weight excluding hydrogens is 1190 g/mol. The molecule has 0 unspecified atom stereocenters. The van der Waals surface area contributed by atoms with Crippen LogP contribution in [0.4, 0.5) is 34.1 Å². The van der Waals surface area contributed by atoms with E-state index in [0.29, 0.717) is 11.6 Å². The van der Waals surface area contributed by atoms with E-state index >= 15 is 0 Å². The molecule has 466 valence electrons. The van der Waals surface area contributed by atoms with Gasteiger partial charge in [0.05, 0.1) is 78.7 Å². The van der Waals surface area contributed by atoms with Crippen LogP contribution in [0.25, 0.3) is 123 Å². The van der Waals surface area contributed by atoms with Crippen LogP contribution in [-0.4, -0.2) is 29.1 Å². The maximum atomic E-state index is 6.10. The van der Waals surface area contributed by atoms with Gasteiger partial charge in [0, 0.05) is 66.5 Å². The predicted molar refractivity (Wildman–Crippen MR) is 407 cm³/mol. The van der Waals surface area contributed by atoms with Gasteiger partial charge in [-0.3, -0.25) is 0 Å². The number of para-hydroxylation sites is 4. The van der Waals surface area contributed by atoms with Crippen molar-refractivity contribution in [1.82, 2.24) is 29.1 Å². The average molecular weight is 1260 g/mol. The topological polar surface area (TPSA) is 67.9 Å². The summed E-state index contributed by atoms with van der Waals surface area (Å²) in [4.78, 5) is 29.3. The fourth-order valence-electron chi connectivity index (χ4n) is 14.2. The van der Waals surface area contributed by atoms with Gasteiger partial charge in [-0.1, -0.05) is 241 Å². The molecule has 0 radical (unpaired) electrons. The molecule has 98 heavy (non-hydrogen) atoms. The van der Waals surface area contributed by atoms with Crippen LogP contribution in [0.15, 0.2) is 328 Å². The molecule has 0 saturated carbocycles. The van der Waals surface area contributed by atoms with Crippen LogP contribution in [0.1, 0.15) is 22.3 Å². The molecule has 4 heterocycles. The van der Waals surface area contributed by atoms with Crippen molar-refractivity contribution in [2.45, 2.75) is 27.7 Å². The third-order valence-corrected chi connectivity index (χ3v) is 18.7. The summed E-state index contributed by atoms with van der Waals surface area (Å²) in [5.74, 6) is 0.987. The van der Waals surface area contributed by atoms with E-state index < -0.39 is 0 Å². The molecule has 0 aliphatic rings. The summed E-state index contributed by atoms with van der Waals surface area (Å²) >= 11 is 0. The second-order valence-electron chi connectivity index (χ2n) is 25.3. The number of hydrogen-bond donors (Lipinski definition) is 0. The molecule has 17 rings (SSSR count). The zero-order valence-corrected chi connectivity index (χ0v) is 54.8. The first-order valence-corrected chi connectivity index (χ1v) is 33.4. The van der Waals surface area contributed by atoms with Gasteiger partial charge in [-0.15, -0.1) is 0 Å². The Hall–Kier alpha value is -12.8. The Bertz CT molecular complexity index is 5140. The molecule has 0 atom stereocenters. The number of nitrogens with zero attached hydrogens (tertiary/aromatic N) is 8. The van der Waals surface area contributed by atoms with E-state index in [1.165, 1.54) is 0 Å². The van der Waals surface area contributed by atoms with E-state index in [0.717, 1.165) is 168 Å². The van der Waals surface area contributed by atoms with Crippen LogP contribution < -0.4 is 9.80 Å². The van der Waals surface area contributed by atoms with Crippen LogP contribution >= 0.6 is 0 Å². The van der Waals surface area contributed by atoms with Gasteiger partial charge in [0.1, 0.15) is 0 Å². The van der Waals surface area contributed by atoms with Crippen LogP contribution in [0, 0.1) is 27.7 Å². The average Bonchev–Trinajstić information content (AvgIpc) is 1.32. The zero-order chi connectivity index (χ0) is 65.8. The highest BCUT2D eigenvalue weighted by Gasteiger charge is 2.40. The predicted octanol–water partition coefficient (Wildman–Crippen LogP) is 23.6. The Balaban J connectivity index is 1.25. The largest absolute Gasteiger partial charge is 0.308 e. The summed E-state index contributed by atoms with van der Waals surface area (Å²) < 4.78 is 5.02. The molecule has 17 aromatic rings. The lowest BCUT2D eigenvalue weighted by molar-refractivity contribution is 1.07. The lowest BCUT2D eigenvalue weighted by Crippen LogP contribution is -2.22. The molecule has 0 saturated heterocycles. The molecule has 0 aliphatic heterocycles. The SMILES string of the molecule is Cc1ccc2c(c1)c1cc(C)ccc1n2-c1c(-c2nc(-c3ccccc3)cc(-c3ccccc3)n2)c(N(c2ccccc2)c2ccccc2)c(-n2c3ccc(C)cc3c3cc(C)ccc32)c(-c2nc(-c3ccccc3)cc(-c3ccccc3)n2)c1N(c1ccccc1)c1ccccc1. The summed E-state index contributed by atoms with van der Waals surface area (Å²) in [7, 11) is 0. The van der Waals surface area contributed by atoms with E-state index in [-0.39, 0.29) is 0 Å². The molecule has 4 aromatic heterocycles. The van der Waals surface area contributed by atoms with Crippen molar-refractivity contribution in [1.29, 1.82) is 0 Å². The van der Waals surface area contributed by atoms with E-state index in [2.05, 4.69) is 374 Å². The van der Waals surface area contributed by atoms with Gasteiger partial charge in [0.25, 0.3) is 0 Å². The summed E-state index contributed by atoms with van der Waals surface area (Å²) in [6.07, 6.45) is 0. The summed E-state index contributed by atoms with van der Waals surface area (Å²) in [6, 6.07) is 117. The third-order valence-electron chi connectivity index (χ3n) is 18.7.